The third kappa shape index (κ3) is 3.94. The van der Waals surface area contributed by atoms with Crippen molar-refractivity contribution in [1.29, 1.82) is 0 Å². The average Bonchev–Trinajstić information content (AvgIpc) is 2.35. The fourth-order valence-corrected chi connectivity index (χ4v) is 3.56. The number of nitrogens with zero attached hydrogens (tertiary/aromatic N) is 2. The molecule has 0 aromatic rings. The van der Waals surface area contributed by atoms with Crippen LogP contribution in [-0.4, -0.2) is 62.2 Å². The van der Waals surface area contributed by atoms with Gasteiger partial charge in [0.05, 0.1) is 0 Å². The zero-order valence-electron chi connectivity index (χ0n) is 12.5. The van der Waals surface area contributed by atoms with Crippen molar-refractivity contribution in [2.75, 3.05) is 46.3 Å². The van der Waals surface area contributed by atoms with E-state index in [1.165, 1.54) is 45.4 Å². The Morgan fingerprint density at radius 3 is 2.83 bits per heavy atom. The molecule has 2 aliphatic rings. The van der Waals surface area contributed by atoms with E-state index in [-0.39, 0.29) is 0 Å². The summed E-state index contributed by atoms with van der Waals surface area (Å²) in [6.07, 6.45) is 4.23. The number of likely N-dealkylation sites (tertiary alicyclic amines) is 2. The van der Waals surface area contributed by atoms with Gasteiger partial charge in [-0.15, -0.1) is 0 Å². The molecule has 2 heterocycles. The molecule has 0 saturated carbocycles. The highest BCUT2D eigenvalue weighted by atomic mass is 15.2. The van der Waals surface area contributed by atoms with Gasteiger partial charge in [0.2, 0.25) is 0 Å². The first-order chi connectivity index (χ1) is 8.66. The van der Waals surface area contributed by atoms with E-state index >= 15 is 0 Å². The van der Waals surface area contributed by atoms with Crippen LogP contribution >= 0.6 is 0 Å². The van der Waals surface area contributed by atoms with Gasteiger partial charge in [-0.05, 0) is 57.8 Å². The van der Waals surface area contributed by atoms with Gasteiger partial charge in [0, 0.05) is 25.7 Å². The minimum Gasteiger partial charge on any atom is -0.315 e. The summed E-state index contributed by atoms with van der Waals surface area (Å²) in [7, 11) is 2.32. The van der Waals surface area contributed by atoms with E-state index in [9.17, 15) is 0 Å². The number of fused-ring (bicyclic) bond motifs is 1. The molecule has 0 aromatic heterocycles. The summed E-state index contributed by atoms with van der Waals surface area (Å²) in [4.78, 5) is 5.27. The lowest BCUT2D eigenvalue weighted by atomic mass is 9.84. The van der Waals surface area contributed by atoms with Crippen molar-refractivity contribution in [3.8, 4) is 0 Å². The second kappa shape index (κ2) is 6.88. The van der Waals surface area contributed by atoms with Crippen molar-refractivity contribution in [3.05, 3.63) is 0 Å². The standard InChI is InChI=1S/C15H31N3/c1-13(2)11-16-7-10-18-9-6-15-14(12-18)5-4-8-17(15)3/h13-16H,4-12H2,1-3H3. The van der Waals surface area contributed by atoms with E-state index in [0.717, 1.165) is 31.0 Å². The van der Waals surface area contributed by atoms with E-state index < -0.39 is 0 Å². The number of hydrogen-bond donors (Lipinski definition) is 1. The Labute approximate surface area is 113 Å². The Bertz CT molecular complexity index is 242. The third-order valence-corrected chi connectivity index (χ3v) is 4.59. The van der Waals surface area contributed by atoms with E-state index in [1.807, 2.05) is 0 Å². The van der Waals surface area contributed by atoms with Crippen LogP contribution < -0.4 is 5.32 Å². The highest BCUT2D eigenvalue weighted by Crippen LogP contribution is 2.29. The molecule has 0 aromatic carbocycles. The van der Waals surface area contributed by atoms with E-state index in [1.54, 1.807) is 0 Å². The quantitative estimate of drug-likeness (QED) is 0.752. The molecule has 2 aliphatic heterocycles. The fourth-order valence-electron chi connectivity index (χ4n) is 3.56. The maximum absolute atomic E-state index is 3.56. The number of piperidine rings is 2. The zero-order chi connectivity index (χ0) is 13.0. The Morgan fingerprint density at radius 1 is 1.22 bits per heavy atom. The molecular weight excluding hydrogens is 222 g/mol. The van der Waals surface area contributed by atoms with E-state index in [2.05, 4.69) is 36.0 Å². The first-order valence-corrected chi connectivity index (χ1v) is 7.80. The molecule has 0 spiro atoms. The molecular formula is C15H31N3. The lowest BCUT2D eigenvalue weighted by Crippen LogP contribution is -2.53. The average molecular weight is 253 g/mol. The molecule has 2 atom stereocenters. The van der Waals surface area contributed by atoms with E-state index in [0.29, 0.717) is 0 Å². The summed E-state index contributed by atoms with van der Waals surface area (Å²) >= 11 is 0. The largest absolute Gasteiger partial charge is 0.315 e. The molecule has 2 saturated heterocycles. The highest BCUT2D eigenvalue weighted by Gasteiger charge is 2.33. The second-order valence-electron chi connectivity index (χ2n) is 6.64. The molecule has 0 aliphatic carbocycles. The number of nitrogens with one attached hydrogen (secondary N) is 1. The minimum atomic E-state index is 0.766. The van der Waals surface area contributed by atoms with Crippen LogP contribution in [0.4, 0.5) is 0 Å². The van der Waals surface area contributed by atoms with Crippen molar-refractivity contribution in [1.82, 2.24) is 15.1 Å². The summed E-state index contributed by atoms with van der Waals surface area (Å²) in [5, 5.41) is 3.56. The van der Waals surface area contributed by atoms with Gasteiger partial charge in [-0.1, -0.05) is 13.8 Å². The highest BCUT2D eigenvalue weighted by molar-refractivity contribution is 4.89. The van der Waals surface area contributed by atoms with Gasteiger partial charge in [-0.2, -0.15) is 0 Å². The maximum atomic E-state index is 3.56. The van der Waals surface area contributed by atoms with Crippen molar-refractivity contribution in [2.45, 2.75) is 39.2 Å². The summed E-state index contributed by atoms with van der Waals surface area (Å²) < 4.78 is 0. The minimum absolute atomic E-state index is 0.766. The van der Waals surface area contributed by atoms with Crippen molar-refractivity contribution in [2.24, 2.45) is 11.8 Å². The lowest BCUT2D eigenvalue weighted by molar-refractivity contribution is 0.0391. The van der Waals surface area contributed by atoms with Crippen LogP contribution in [0.25, 0.3) is 0 Å². The molecule has 2 fully saturated rings. The topological polar surface area (TPSA) is 18.5 Å². The van der Waals surface area contributed by atoms with Gasteiger partial charge < -0.3 is 15.1 Å². The predicted molar refractivity (Wildman–Crippen MR) is 77.9 cm³/mol. The summed E-state index contributed by atoms with van der Waals surface area (Å²) in [5.41, 5.74) is 0. The van der Waals surface area contributed by atoms with Crippen LogP contribution in [0.15, 0.2) is 0 Å². The van der Waals surface area contributed by atoms with Gasteiger partial charge in [0.1, 0.15) is 0 Å². The number of hydrogen-bond acceptors (Lipinski definition) is 3. The smallest absolute Gasteiger partial charge is 0.0145 e. The van der Waals surface area contributed by atoms with Crippen molar-refractivity contribution >= 4 is 0 Å². The Hall–Kier alpha value is -0.120. The Kier molecular flexibility index (Phi) is 5.46. The van der Waals surface area contributed by atoms with E-state index in [4.69, 9.17) is 0 Å². The molecule has 1 N–H and O–H groups in total. The normalized spacial score (nSPS) is 30.7. The molecule has 0 amide bonds. The van der Waals surface area contributed by atoms with Crippen LogP contribution in [0.1, 0.15) is 33.1 Å². The maximum Gasteiger partial charge on any atom is 0.0145 e. The Balaban J connectivity index is 1.67. The molecule has 3 heteroatoms. The predicted octanol–water partition coefficient (Wildman–Crippen LogP) is 1.65. The fraction of sp³-hybridized carbons (Fsp3) is 1.00. The summed E-state index contributed by atoms with van der Waals surface area (Å²) in [6.45, 7) is 12.0. The first kappa shape index (κ1) is 14.3. The SMILES string of the molecule is CC(C)CNCCN1CCC2C(CCCN2C)C1. The van der Waals surface area contributed by atoms with Gasteiger partial charge in [0.15, 0.2) is 0 Å². The third-order valence-electron chi connectivity index (χ3n) is 4.59. The van der Waals surface area contributed by atoms with Crippen LogP contribution in [0.3, 0.4) is 0 Å². The second-order valence-corrected chi connectivity index (χ2v) is 6.64. The molecule has 18 heavy (non-hydrogen) atoms. The van der Waals surface area contributed by atoms with Gasteiger partial charge >= 0.3 is 0 Å². The summed E-state index contributed by atoms with van der Waals surface area (Å²) in [6, 6.07) is 0.874. The molecule has 106 valence electrons. The van der Waals surface area contributed by atoms with Gasteiger partial charge in [-0.3, -0.25) is 0 Å². The van der Waals surface area contributed by atoms with Crippen LogP contribution in [0.5, 0.6) is 0 Å². The molecule has 2 unspecified atom stereocenters. The molecule has 0 radical (unpaired) electrons. The molecule has 0 bridgehead atoms. The van der Waals surface area contributed by atoms with Crippen LogP contribution in [0, 0.1) is 11.8 Å². The van der Waals surface area contributed by atoms with Crippen LogP contribution in [-0.2, 0) is 0 Å². The van der Waals surface area contributed by atoms with Gasteiger partial charge in [0.25, 0.3) is 0 Å². The van der Waals surface area contributed by atoms with Gasteiger partial charge in [-0.25, -0.2) is 0 Å². The van der Waals surface area contributed by atoms with Crippen molar-refractivity contribution < 1.29 is 0 Å². The first-order valence-electron chi connectivity index (χ1n) is 7.80. The summed E-state index contributed by atoms with van der Waals surface area (Å²) in [5.74, 6) is 1.70. The lowest BCUT2D eigenvalue weighted by Gasteiger charge is -2.46. The number of rotatable bonds is 5. The monoisotopic (exact) mass is 253 g/mol. The zero-order valence-corrected chi connectivity index (χ0v) is 12.5. The Morgan fingerprint density at radius 2 is 2.06 bits per heavy atom. The van der Waals surface area contributed by atoms with Crippen LogP contribution in [0.2, 0.25) is 0 Å². The molecule has 2 rings (SSSR count). The molecule has 3 nitrogen and oxygen atoms in total. The van der Waals surface area contributed by atoms with Crippen molar-refractivity contribution in [3.63, 3.8) is 0 Å².